The number of benzene rings is 1. The zero-order valence-electron chi connectivity index (χ0n) is 11.0. The Bertz CT molecular complexity index is 551. The van der Waals surface area contributed by atoms with Crippen molar-refractivity contribution in [3.8, 4) is 0 Å². The normalized spacial score (nSPS) is 12.6. The fraction of sp³-hybridized carbons (Fsp3) is 0.357. The summed E-state index contributed by atoms with van der Waals surface area (Å²) in [5.74, 6) is 0. The Balaban J connectivity index is 2.07. The Morgan fingerprint density at radius 2 is 2.16 bits per heavy atom. The molecule has 0 radical (unpaired) electrons. The van der Waals surface area contributed by atoms with Gasteiger partial charge in [-0.15, -0.1) is 0 Å². The second kappa shape index (κ2) is 6.42. The average molecular weight is 298 g/mol. The monoisotopic (exact) mass is 297 g/mol. The fourth-order valence-corrected chi connectivity index (χ4v) is 2.60. The number of aromatic nitrogens is 2. The van der Waals surface area contributed by atoms with Gasteiger partial charge in [0.2, 0.25) is 0 Å². The molecule has 0 spiro atoms. The molecule has 19 heavy (non-hydrogen) atoms. The Morgan fingerprint density at radius 3 is 2.74 bits per heavy atom. The van der Waals surface area contributed by atoms with Crippen LogP contribution in [0.5, 0.6) is 0 Å². The van der Waals surface area contributed by atoms with Gasteiger partial charge < -0.3 is 5.32 Å². The molecule has 1 aromatic carbocycles. The van der Waals surface area contributed by atoms with Gasteiger partial charge in [0.05, 0.1) is 6.20 Å². The maximum absolute atomic E-state index is 6.25. The highest BCUT2D eigenvalue weighted by molar-refractivity contribution is 6.35. The van der Waals surface area contributed by atoms with Crippen LogP contribution in [0.4, 0.5) is 0 Å². The summed E-state index contributed by atoms with van der Waals surface area (Å²) in [6.07, 6.45) is 4.83. The molecule has 2 aromatic rings. The van der Waals surface area contributed by atoms with Crippen molar-refractivity contribution in [1.82, 2.24) is 15.1 Å². The molecule has 5 heteroatoms. The lowest BCUT2D eigenvalue weighted by molar-refractivity contribution is 0.519. The Hall–Kier alpha value is -1.03. The molecule has 2 rings (SSSR count). The Labute approximate surface area is 123 Å². The summed E-state index contributed by atoms with van der Waals surface area (Å²) in [5, 5.41) is 9.02. The molecular weight excluding hydrogens is 281 g/mol. The van der Waals surface area contributed by atoms with Crippen molar-refractivity contribution in [3.05, 3.63) is 51.8 Å². The second-order valence-electron chi connectivity index (χ2n) is 4.53. The van der Waals surface area contributed by atoms with E-state index >= 15 is 0 Å². The van der Waals surface area contributed by atoms with Gasteiger partial charge in [-0.3, -0.25) is 4.68 Å². The summed E-state index contributed by atoms with van der Waals surface area (Å²) in [7, 11) is 1.91. The number of aryl methyl sites for hydroxylation is 1. The molecule has 0 aliphatic carbocycles. The SMILES string of the molecule is CCC(NCc1cnn(C)c1)c1ccc(Cl)cc1Cl. The predicted molar refractivity (Wildman–Crippen MR) is 79.5 cm³/mol. The lowest BCUT2D eigenvalue weighted by atomic mass is 10.0. The molecule has 1 unspecified atom stereocenters. The lowest BCUT2D eigenvalue weighted by Crippen LogP contribution is -2.20. The number of rotatable bonds is 5. The molecule has 0 aliphatic heterocycles. The highest BCUT2D eigenvalue weighted by Gasteiger charge is 2.13. The minimum absolute atomic E-state index is 0.213. The summed E-state index contributed by atoms with van der Waals surface area (Å²) >= 11 is 12.2. The van der Waals surface area contributed by atoms with Crippen molar-refractivity contribution in [2.75, 3.05) is 0 Å². The maximum Gasteiger partial charge on any atom is 0.0534 e. The molecule has 3 nitrogen and oxygen atoms in total. The van der Waals surface area contributed by atoms with Crippen LogP contribution in [-0.4, -0.2) is 9.78 Å². The van der Waals surface area contributed by atoms with Crippen molar-refractivity contribution >= 4 is 23.2 Å². The number of hydrogen-bond donors (Lipinski definition) is 1. The standard InChI is InChI=1S/C14H17Cl2N3/c1-3-14(12-5-4-11(15)6-13(12)16)17-7-10-8-18-19(2)9-10/h4-6,8-9,14,17H,3,7H2,1-2H3. The van der Waals surface area contributed by atoms with Crippen LogP contribution in [0.3, 0.4) is 0 Å². The van der Waals surface area contributed by atoms with Gasteiger partial charge in [-0.25, -0.2) is 0 Å². The van der Waals surface area contributed by atoms with E-state index in [4.69, 9.17) is 23.2 Å². The van der Waals surface area contributed by atoms with Crippen molar-refractivity contribution in [3.63, 3.8) is 0 Å². The minimum atomic E-state index is 0.213. The molecular formula is C14H17Cl2N3. The van der Waals surface area contributed by atoms with E-state index in [1.165, 1.54) is 0 Å². The molecule has 0 fully saturated rings. The molecule has 0 bridgehead atoms. The van der Waals surface area contributed by atoms with Gasteiger partial charge in [-0.1, -0.05) is 36.2 Å². The summed E-state index contributed by atoms with van der Waals surface area (Å²) in [6, 6.07) is 5.85. The van der Waals surface area contributed by atoms with Crippen molar-refractivity contribution < 1.29 is 0 Å². The predicted octanol–water partition coefficient (Wildman–Crippen LogP) is 3.97. The van der Waals surface area contributed by atoms with Crippen molar-refractivity contribution in [2.24, 2.45) is 7.05 Å². The third kappa shape index (κ3) is 3.72. The molecule has 0 aliphatic rings. The Morgan fingerprint density at radius 1 is 1.37 bits per heavy atom. The molecule has 1 atom stereocenters. The van der Waals surface area contributed by atoms with Gasteiger partial charge in [-0.2, -0.15) is 5.10 Å². The molecule has 1 aromatic heterocycles. The quantitative estimate of drug-likeness (QED) is 0.905. The summed E-state index contributed by atoms with van der Waals surface area (Å²) in [4.78, 5) is 0. The highest BCUT2D eigenvalue weighted by atomic mass is 35.5. The van der Waals surface area contributed by atoms with Crippen molar-refractivity contribution in [2.45, 2.75) is 25.9 Å². The number of halogens is 2. The van der Waals surface area contributed by atoms with Crippen LogP contribution in [0.15, 0.2) is 30.6 Å². The van der Waals surface area contributed by atoms with Gasteiger partial charge in [0.1, 0.15) is 0 Å². The molecule has 0 amide bonds. The van der Waals surface area contributed by atoms with Gasteiger partial charge >= 0.3 is 0 Å². The molecule has 0 saturated heterocycles. The van der Waals surface area contributed by atoms with E-state index in [-0.39, 0.29) is 6.04 Å². The van der Waals surface area contributed by atoms with Crippen molar-refractivity contribution in [1.29, 1.82) is 0 Å². The zero-order valence-corrected chi connectivity index (χ0v) is 12.5. The number of hydrogen-bond acceptors (Lipinski definition) is 2. The largest absolute Gasteiger partial charge is 0.306 e. The van der Waals surface area contributed by atoms with Gasteiger partial charge in [-0.05, 0) is 24.1 Å². The van der Waals surface area contributed by atoms with E-state index in [2.05, 4.69) is 17.3 Å². The fourth-order valence-electron chi connectivity index (χ4n) is 2.06. The minimum Gasteiger partial charge on any atom is -0.306 e. The first-order valence-corrected chi connectivity index (χ1v) is 7.01. The number of nitrogens with zero attached hydrogens (tertiary/aromatic N) is 2. The van der Waals surface area contributed by atoms with Crippen LogP contribution in [0.25, 0.3) is 0 Å². The molecule has 1 N–H and O–H groups in total. The first kappa shape index (κ1) is 14.4. The Kier molecular flexibility index (Phi) is 4.86. The number of nitrogens with one attached hydrogen (secondary N) is 1. The van der Waals surface area contributed by atoms with E-state index in [0.29, 0.717) is 10.0 Å². The van der Waals surface area contributed by atoms with E-state index in [1.807, 2.05) is 31.6 Å². The first-order valence-electron chi connectivity index (χ1n) is 6.26. The van der Waals surface area contributed by atoms with Crippen LogP contribution in [0, 0.1) is 0 Å². The third-order valence-electron chi connectivity index (χ3n) is 3.06. The first-order chi connectivity index (χ1) is 9.10. The third-order valence-corrected chi connectivity index (χ3v) is 3.62. The van der Waals surface area contributed by atoms with Gasteiger partial charge in [0, 0.05) is 41.4 Å². The second-order valence-corrected chi connectivity index (χ2v) is 5.37. The maximum atomic E-state index is 6.25. The molecule has 0 saturated carbocycles. The summed E-state index contributed by atoms with van der Waals surface area (Å²) in [6.45, 7) is 2.90. The summed E-state index contributed by atoms with van der Waals surface area (Å²) in [5.41, 5.74) is 2.24. The summed E-state index contributed by atoms with van der Waals surface area (Å²) < 4.78 is 1.80. The highest BCUT2D eigenvalue weighted by Crippen LogP contribution is 2.28. The smallest absolute Gasteiger partial charge is 0.0534 e. The topological polar surface area (TPSA) is 29.9 Å². The van der Waals surface area contributed by atoms with Gasteiger partial charge in [0.25, 0.3) is 0 Å². The van der Waals surface area contributed by atoms with Crippen LogP contribution < -0.4 is 5.32 Å². The lowest BCUT2D eigenvalue weighted by Gasteiger charge is -2.18. The van der Waals surface area contributed by atoms with Crippen LogP contribution in [0.2, 0.25) is 10.0 Å². The average Bonchev–Trinajstić information content (AvgIpc) is 2.78. The molecule has 1 heterocycles. The van der Waals surface area contributed by atoms with Gasteiger partial charge in [0.15, 0.2) is 0 Å². The van der Waals surface area contributed by atoms with E-state index < -0.39 is 0 Å². The molecule has 102 valence electrons. The van der Waals surface area contributed by atoms with Crippen LogP contribution in [-0.2, 0) is 13.6 Å². The zero-order chi connectivity index (χ0) is 13.8. The van der Waals surface area contributed by atoms with Crippen LogP contribution >= 0.6 is 23.2 Å². The van der Waals surface area contributed by atoms with E-state index in [9.17, 15) is 0 Å². The van der Waals surface area contributed by atoms with Crippen LogP contribution in [0.1, 0.15) is 30.5 Å². The van der Waals surface area contributed by atoms with E-state index in [1.54, 1.807) is 10.7 Å². The van der Waals surface area contributed by atoms with E-state index in [0.717, 1.165) is 24.1 Å².